The Labute approximate surface area is 72.0 Å². The first-order valence-electron chi connectivity index (χ1n) is 4.06. The van der Waals surface area contributed by atoms with Gasteiger partial charge >= 0.3 is 0 Å². The highest BCUT2D eigenvalue weighted by Gasteiger charge is 2.18. The van der Waals surface area contributed by atoms with Crippen LogP contribution in [0.2, 0.25) is 0 Å². The average Bonchev–Trinajstić information content (AvgIpc) is 2.02. The summed E-state index contributed by atoms with van der Waals surface area (Å²) < 4.78 is 0. The summed E-state index contributed by atoms with van der Waals surface area (Å²) in [6.07, 6.45) is 8.22. The van der Waals surface area contributed by atoms with Crippen LogP contribution in [0.4, 0.5) is 0 Å². The van der Waals surface area contributed by atoms with Gasteiger partial charge in [0, 0.05) is 12.2 Å². The molecule has 1 saturated heterocycles. The Hall–Kier alpha value is -1.33. The molecule has 2 nitrogen and oxygen atoms in total. The molecule has 1 unspecified atom stereocenters. The summed E-state index contributed by atoms with van der Waals surface area (Å²) in [5.41, 5.74) is 1.98. The summed E-state index contributed by atoms with van der Waals surface area (Å²) in [5, 5.41) is 3.32. The van der Waals surface area contributed by atoms with Crippen molar-refractivity contribution in [2.45, 2.75) is 12.5 Å². The maximum absolute atomic E-state index is 5.25. The van der Waals surface area contributed by atoms with Crippen molar-refractivity contribution >= 4 is 0 Å². The first kappa shape index (κ1) is 7.33. The largest absolute Gasteiger partial charge is 0.310 e. The van der Waals surface area contributed by atoms with E-state index >= 15 is 0 Å². The molecule has 1 N–H and O–H groups in total. The lowest BCUT2D eigenvalue weighted by atomic mass is 9.98. The number of aromatic nitrogens is 1. The molecule has 2 heterocycles. The molecule has 0 spiro atoms. The normalized spacial score (nSPS) is 21.1. The lowest BCUT2D eigenvalue weighted by molar-refractivity contribution is 0.383. The zero-order valence-corrected chi connectivity index (χ0v) is 6.75. The van der Waals surface area contributed by atoms with Crippen molar-refractivity contribution in [1.82, 2.24) is 10.3 Å². The number of nitrogens with zero attached hydrogens (tertiary/aromatic N) is 1. The predicted octanol–water partition coefficient (Wildman–Crippen LogP) is 1.10. The number of hydrogen-bond donors (Lipinski definition) is 1. The Morgan fingerprint density at radius 1 is 1.67 bits per heavy atom. The highest BCUT2D eigenvalue weighted by molar-refractivity contribution is 5.30. The number of hydrogen-bond acceptors (Lipinski definition) is 2. The van der Waals surface area contributed by atoms with Crippen LogP contribution in [0.3, 0.4) is 0 Å². The van der Waals surface area contributed by atoms with E-state index < -0.39 is 0 Å². The Bertz CT molecular complexity index is 321. The van der Waals surface area contributed by atoms with Crippen LogP contribution < -0.4 is 5.32 Å². The monoisotopic (exact) mass is 158 g/mol. The molecule has 1 aromatic rings. The smallest absolute Gasteiger partial charge is 0.113 e. The van der Waals surface area contributed by atoms with Gasteiger partial charge in [-0.25, -0.2) is 4.98 Å². The lowest BCUT2D eigenvalue weighted by Crippen LogP contribution is -2.34. The van der Waals surface area contributed by atoms with E-state index in [0.717, 1.165) is 12.2 Å². The van der Waals surface area contributed by atoms with Gasteiger partial charge in [0.1, 0.15) is 5.69 Å². The molecule has 0 aliphatic carbocycles. The van der Waals surface area contributed by atoms with Crippen molar-refractivity contribution in [3.63, 3.8) is 0 Å². The summed E-state index contributed by atoms with van der Waals surface area (Å²) in [6, 6.07) is 4.48. The van der Waals surface area contributed by atoms with Crippen molar-refractivity contribution in [2.75, 3.05) is 6.54 Å². The molecular formula is C10H10N2. The Balaban J connectivity index is 2.27. The van der Waals surface area contributed by atoms with Crippen molar-refractivity contribution in [3.8, 4) is 12.3 Å². The molecule has 0 saturated carbocycles. The van der Waals surface area contributed by atoms with Gasteiger partial charge in [-0.1, -0.05) is 5.92 Å². The Morgan fingerprint density at radius 3 is 3.08 bits per heavy atom. The van der Waals surface area contributed by atoms with Crippen molar-refractivity contribution in [1.29, 1.82) is 0 Å². The van der Waals surface area contributed by atoms with Gasteiger partial charge in [0.15, 0.2) is 0 Å². The number of terminal acetylenes is 1. The lowest BCUT2D eigenvalue weighted by Gasteiger charge is -2.27. The van der Waals surface area contributed by atoms with Gasteiger partial charge in [-0.05, 0) is 30.7 Å². The molecule has 1 atom stereocenters. The van der Waals surface area contributed by atoms with Crippen LogP contribution in [-0.2, 0) is 0 Å². The molecule has 2 rings (SSSR count). The van der Waals surface area contributed by atoms with Gasteiger partial charge in [-0.2, -0.15) is 0 Å². The fourth-order valence-electron chi connectivity index (χ4n) is 1.32. The van der Waals surface area contributed by atoms with Gasteiger partial charge in [0.25, 0.3) is 0 Å². The maximum atomic E-state index is 5.25. The van der Waals surface area contributed by atoms with Crippen LogP contribution in [0.1, 0.15) is 23.7 Å². The molecule has 1 aliphatic rings. The fraction of sp³-hybridized carbons (Fsp3) is 0.300. The molecule has 0 amide bonds. The van der Waals surface area contributed by atoms with E-state index in [1.807, 2.05) is 12.1 Å². The number of rotatable bonds is 1. The maximum Gasteiger partial charge on any atom is 0.113 e. The van der Waals surface area contributed by atoms with Gasteiger partial charge in [-0.3, -0.25) is 0 Å². The standard InChI is InChI=1S/C10H10N2/c1-2-9-7-8(3-5-11-9)10-4-6-12-10/h1,3,5,7,10,12H,4,6H2. The van der Waals surface area contributed by atoms with Crippen LogP contribution in [0.25, 0.3) is 0 Å². The minimum absolute atomic E-state index is 0.500. The quantitative estimate of drug-likeness (QED) is 0.619. The molecule has 0 aromatic carbocycles. The third kappa shape index (κ3) is 1.19. The SMILES string of the molecule is C#Cc1cc(C2CCN2)ccn1. The molecule has 60 valence electrons. The second kappa shape index (κ2) is 2.96. The molecule has 2 heteroatoms. The van der Waals surface area contributed by atoms with E-state index in [-0.39, 0.29) is 0 Å². The summed E-state index contributed by atoms with van der Waals surface area (Å²) in [6.45, 7) is 1.11. The van der Waals surface area contributed by atoms with E-state index in [0.29, 0.717) is 6.04 Å². The van der Waals surface area contributed by atoms with Crippen LogP contribution in [0.15, 0.2) is 18.3 Å². The van der Waals surface area contributed by atoms with Crippen LogP contribution in [0, 0.1) is 12.3 Å². The van der Waals surface area contributed by atoms with Gasteiger partial charge in [0.2, 0.25) is 0 Å². The van der Waals surface area contributed by atoms with Crippen LogP contribution in [-0.4, -0.2) is 11.5 Å². The second-order valence-electron chi connectivity index (χ2n) is 2.91. The molecule has 0 bridgehead atoms. The molecular weight excluding hydrogens is 148 g/mol. The summed E-state index contributed by atoms with van der Waals surface area (Å²) in [5.74, 6) is 2.53. The third-order valence-corrected chi connectivity index (χ3v) is 2.16. The molecule has 1 aliphatic heterocycles. The zero-order chi connectivity index (χ0) is 8.39. The summed E-state index contributed by atoms with van der Waals surface area (Å²) >= 11 is 0. The number of pyridine rings is 1. The van der Waals surface area contributed by atoms with Crippen molar-refractivity contribution in [2.24, 2.45) is 0 Å². The number of nitrogens with one attached hydrogen (secondary N) is 1. The van der Waals surface area contributed by atoms with E-state index in [2.05, 4.69) is 16.2 Å². The average molecular weight is 158 g/mol. The van der Waals surface area contributed by atoms with E-state index in [4.69, 9.17) is 6.42 Å². The van der Waals surface area contributed by atoms with Crippen molar-refractivity contribution < 1.29 is 0 Å². The highest BCUT2D eigenvalue weighted by atomic mass is 15.0. The van der Waals surface area contributed by atoms with E-state index in [1.165, 1.54) is 12.0 Å². The Morgan fingerprint density at radius 2 is 2.50 bits per heavy atom. The minimum Gasteiger partial charge on any atom is -0.310 e. The fourth-order valence-corrected chi connectivity index (χ4v) is 1.32. The summed E-state index contributed by atoms with van der Waals surface area (Å²) in [4.78, 5) is 4.03. The molecule has 0 radical (unpaired) electrons. The van der Waals surface area contributed by atoms with Crippen molar-refractivity contribution in [3.05, 3.63) is 29.6 Å². The predicted molar refractivity (Wildman–Crippen MR) is 47.5 cm³/mol. The van der Waals surface area contributed by atoms with Crippen LogP contribution >= 0.6 is 0 Å². The molecule has 12 heavy (non-hydrogen) atoms. The second-order valence-corrected chi connectivity index (χ2v) is 2.91. The first-order chi connectivity index (χ1) is 5.90. The highest BCUT2D eigenvalue weighted by Crippen LogP contribution is 2.22. The Kier molecular flexibility index (Phi) is 1.81. The molecule has 1 fully saturated rings. The van der Waals surface area contributed by atoms with Gasteiger partial charge in [0.05, 0.1) is 0 Å². The summed E-state index contributed by atoms with van der Waals surface area (Å²) in [7, 11) is 0. The first-order valence-corrected chi connectivity index (χ1v) is 4.06. The third-order valence-electron chi connectivity index (χ3n) is 2.16. The van der Waals surface area contributed by atoms with Gasteiger partial charge < -0.3 is 5.32 Å². The zero-order valence-electron chi connectivity index (χ0n) is 6.75. The topological polar surface area (TPSA) is 24.9 Å². The van der Waals surface area contributed by atoms with E-state index in [1.54, 1.807) is 6.20 Å². The van der Waals surface area contributed by atoms with E-state index in [9.17, 15) is 0 Å². The van der Waals surface area contributed by atoms with Crippen LogP contribution in [0.5, 0.6) is 0 Å². The minimum atomic E-state index is 0.500. The van der Waals surface area contributed by atoms with Gasteiger partial charge in [-0.15, -0.1) is 6.42 Å². The molecule has 1 aromatic heterocycles.